The van der Waals surface area contributed by atoms with Gasteiger partial charge in [-0.25, -0.2) is 4.68 Å². The van der Waals surface area contributed by atoms with Gasteiger partial charge in [0.05, 0.1) is 15.0 Å². The standard InChI is InChI=1S/C16H10ClN5O3S3/c1-22-16(18-20-21-22)26-12-8-11(9-4-2-3-5-10(9)15(12)23)19-28(24,25)14-7-6-13(17)27-14/h2-8H,1H3/b19-11-. The normalized spacial score (nSPS) is 15.6. The molecule has 0 amide bonds. The zero-order chi connectivity index (χ0) is 19.9. The Labute approximate surface area is 173 Å². The number of aromatic nitrogens is 4. The van der Waals surface area contributed by atoms with Crippen molar-refractivity contribution in [2.75, 3.05) is 0 Å². The molecule has 0 spiro atoms. The number of halogens is 1. The van der Waals surface area contributed by atoms with E-state index in [1.54, 1.807) is 31.3 Å². The summed E-state index contributed by atoms with van der Waals surface area (Å²) in [6.45, 7) is 0. The van der Waals surface area contributed by atoms with Crippen LogP contribution in [0.5, 0.6) is 0 Å². The Morgan fingerprint density at radius 3 is 2.57 bits per heavy atom. The number of hydrogen-bond acceptors (Lipinski definition) is 8. The number of fused-ring (bicyclic) bond motifs is 1. The fraction of sp³-hybridized carbons (Fsp3) is 0.0625. The van der Waals surface area contributed by atoms with E-state index in [0.717, 1.165) is 23.1 Å². The average Bonchev–Trinajstić information content (AvgIpc) is 3.28. The van der Waals surface area contributed by atoms with E-state index < -0.39 is 10.0 Å². The number of thioether (sulfide) groups is 1. The molecule has 2 aromatic heterocycles. The largest absolute Gasteiger partial charge is 0.292 e. The SMILES string of the molecule is Cn1nnnc1SC1=C/C(=N/S(=O)(=O)c2ccc(Cl)s2)c2ccccc2C1=O. The highest BCUT2D eigenvalue weighted by Crippen LogP contribution is 2.33. The minimum atomic E-state index is -3.98. The number of allylic oxidation sites excluding steroid dienone is 2. The van der Waals surface area contributed by atoms with Gasteiger partial charge in [-0.15, -0.1) is 16.4 Å². The Hall–Kier alpha value is -2.34. The molecule has 3 aromatic rings. The predicted molar refractivity (Wildman–Crippen MR) is 107 cm³/mol. The third kappa shape index (κ3) is 3.53. The van der Waals surface area contributed by atoms with Gasteiger partial charge in [-0.3, -0.25) is 4.79 Å². The number of rotatable bonds is 4. The Balaban J connectivity index is 1.83. The molecule has 1 aliphatic carbocycles. The predicted octanol–water partition coefficient (Wildman–Crippen LogP) is 2.98. The van der Waals surface area contributed by atoms with Crippen LogP contribution in [0.25, 0.3) is 0 Å². The van der Waals surface area contributed by atoms with E-state index in [0.29, 0.717) is 20.6 Å². The number of aryl methyl sites for hydroxylation is 1. The van der Waals surface area contributed by atoms with Gasteiger partial charge in [-0.2, -0.15) is 12.8 Å². The number of sulfonamides is 1. The summed E-state index contributed by atoms with van der Waals surface area (Å²) in [5.74, 6) is -0.251. The molecule has 0 saturated carbocycles. The number of Topliss-reactive ketones (excluding diaryl/α,β-unsaturated/α-hetero) is 1. The molecular formula is C16H10ClN5O3S3. The number of ketones is 1. The summed E-state index contributed by atoms with van der Waals surface area (Å²) in [7, 11) is -2.34. The molecule has 12 heteroatoms. The molecule has 0 saturated heterocycles. The first-order valence-corrected chi connectivity index (χ1v) is 11.2. The van der Waals surface area contributed by atoms with Crippen molar-refractivity contribution in [2.24, 2.45) is 11.4 Å². The fourth-order valence-corrected chi connectivity index (χ4v) is 5.75. The summed E-state index contributed by atoms with van der Waals surface area (Å²) >= 11 is 7.81. The van der Waals surface area contributed by atoms with Crippen LogP contribution < -0.4 is 0 Å². The number of carbonyl (C=O) groups excluding carboxylic acids is 1. The molecule has 1 aliphatic rings. The summed E-state index contributed by atoms with van der Waals surface area (Å²) in [4.78, 5) is 13.1. The Morgan fingerprint density at radius 1 is 1.18 bits per heavy atom. The lowest BCUT2D eigenvalue weighted by Gasteiger charge is -2.16. The lowest BCUT2D eigenvalue weighted by molar-refractivity contribution is 0.104. The first-order chi connectivity index (χ1) is 13.3. The van der Waals surface area contributed by atoms with Gasteiger partial charge in [0.15, 0.2) is 0 Å². The summed E-state index contributed by atoms with van der Waals surface area (Å²) in [6, 6.07) is 9.61. The molecule has 0 bridgehead atoms. The highest BCUT2D eigenvalue weighted by molar-refractivity contribution is 8.04. The lowest BCUT2D eigenvalue weighted by atomic mass is 9.94. The number of benzene rings is 1. The van der Waals surface area contributed by atoms with Crippen LogP contribution in [-0.4, -0.2) is 40.1 Å². The highest BCUT2D eigenvalue weighted by Gasteiger charge is 2.28. The quantitative estimate of drug-likeness (QED) is 0.600. The number of carbonyl (C=O) groups is 1. The maximum absolute atomic E-state index is 12.9. The van der Waals surface area contributed by atoms with Crippen LogP contribution in [0.1, 0.15) is 15.9 Å². The summed E-state index contributed by atoms with van der Waals surface area (Å²) < 4.78 is 31.1. The number of thiophene rings is 1. The molecule has 0 unspecified atom stereocenters. The molecule has 0 fully saturated rings. The van der Waals surface area contributed by atoms with Crippen molar-refractivity contribution in [1.82, 2.24) is 20.2 Å². The van der Waals surface area contributed by atoms with E-state index in [-0.39, 0.29) is 20.6 Å². The number of tetrazole rings is 1. The Bertz CT molecular complexity index is 1260. The second-order valence-corrected chi connectivity index (χ2v) is 10.1. The van der Waals surface area contributed by atoms with E-state index in [1.165, 1.54) is 22.9 Å². The van der Waals surface area contributed by atoms with Gasteiger partial charge in [0.25, 0.3) is 10.0 Å². The Kier molecular flexibility index (Phi) is 4.91. The van der Waals surface area contributed by atoms with Crippen LogP contribution in [0.3, 0.4) is 0 Å². The van der Waals surface area contributed by atoms with Gasteiger partial charge in [-0.05, 0) is 40.4 Å². The molecule has 28 heavy (non-hydrogen) atoms. The third-order valence-electron chi connectivity index (χ3n) is 3.74. The highest BCUT2D eigenvalue weighted by atomic mass is 35.5. The molecule has 142 valence electrons. The maximum Gasteiger partial charge on any atom is 0.292 e. The van der Waals surface area contributed by atoms with Gasteiger partial charge < -0.3 is 0 Å². The van der Waals surface area contributed by atoms with Crippen LogP contribution in [0.15, 0.2) is 61.1 Å². The van der Waals surface area contributed by atoms with Gasteiger partial charge in [0, 0.05) is 18.2 Å². The molecule has 2 heterocycles. The summed E-state index contributed by atoms with van der Waals surface area (Å²) in [6.07, 6.45) is 1.44. The molecule has 1 aromatic carbocycles. The summed E-state index contributed by atoms with van der Waals surface area (Å²) in [5.41, 5.74) is 0.970. The van der Waals surface area contributed by atoms with Gasteiger partial charge in [0.1, 0.15) is 4.21 Å². The van der Waals surface area contributed by atoms with Crippen molar-refractivity contribution >= 4 is 56.2 Å². The van der Waals surface area contributed by atoms with Crippen LogP contribution >= 0.6 is 34.7 Å². The van der Waals surface area contributed by atoms with Crippen molar-refractivity contribution in [2.45, 2.75) is 9.37 Å². The molecular weight excluding hydrogens is 442 g/mol. The maximum atomic E-state index is 12.9. The smallest absolute Gasteiger partial charge is 0.288 e. The monoisotopic (exact) mass is 451 g/mol. The van der Waals surface area contributed by atoms with E-state index in [1.807, 2.05) is 0 Å². The number of hydrogen-bond donors (Lipinski definition) is 0. The zero-order valence-corrected chi connectivity index (χ0v) is 17.3. The van der Waals surface area contributed by atoms with Crippen LogP contribution in [0.2, 0.25) is 4.34 Å². The molecule has 0 radical (unpaired) electrons. The van der Waals surface area contributed by atoms with Gasteiger partial charge in [0.2, 0.25) is 10.9 Å². The van der Waals surface area contributed by atoms with Crippen molar-refractivity contribution in [3.63, 3.8) is 0 Å². The second kappa shape index (κ2) is 7.24. The van der Waals surface area contributed by atoms with Gasteiger partial charge >= 0.3 is 0 Å². The first kappa shape index (κ1) is 19.0. The molecule has 8 nitrogen and oxygen atoms in total. The Morgan fingerprint density at radius 2 is 1.93 bits per heavy atom. The van der Waals surface area contributed by atoms with Gasteiger partial charge in [-0.1, -0.05) is 35.9 Å². The average molecular weight is 452 g/mol. The van der Waals surface area contributed by atoms with E-state index in [9.17, 15) is 13.2 Å². The van der Waals surface area contributed by atoms with E-state index >= 15 is 0 Å². The minimum Gasteiger partial charge on any atom is -0.288 e. The van der Waals surface area contributed by atoms with Crippen LogP contribution in [-0.2, 0) is 17.1 Å². The molecule has 0 atom stereocenters. The second-order valence-electron chi connectivity index (χ2n) is 5.58. The zero-order valence-electron chi connectivity index (χ0n) is 14.1. The minimum absolute atomic E-state index is 0.0273. The molecule has 4 rings (SSSR count). The third-order valence-corrected chi connectivity index (χ3v) is 7.78. The molecule has 0 N–H and O–H groups in total. The lowest BCUT2D eigenvalue weighted by Crippen LogP contribution is -2.17. The van der Waals surface area contributed by atoms with Crippen molar-refractivity contribution in [1.29, 1.82) is 0 Å². The van der Waals surface area contributed by atoms with Crippen molar-refractivity contribution in [3.05, 3.63) is 62.8 Å². The summed E-state index contributed by atoms with van der Waals surface area (Å²) in [5, 5.41) is 11.5. The van der Waals surface area contributed by atoms with Crippen LogP contribution in [0, 0.1) is 0 Å². The van der Waals surface area contributed by atoms with E-state index in [2.05, 4.69) is 19.9 Å². The molecule has 0 aliphatic heterocycles. The first-order valence-electron chi connectivity index (χ1n) is 7.71. The van der Waals surface area contributed by atoms with E-state index in [4.69, 9.17) is 11.6 Å². The van der Waals surface area contributed by atoms with Crippen LogP contribution in [0.4, 0.5) is 0 Å². The fourth-order valence-electron chi connectivity index (χ4n) is 2.47. The topological polar surface area (TPSA) is 107 Å². The van der Waals surface area contributed by atoms with Crippen molar-refractivity contribution < 1.29 is 13.2 Å². The number of nitrogens with zero attached hydrogens (tertiary/aromatic N) is 5. The van der Waals surface area contributed by atoms with Crippen molar-refractivity contribution in [3.8, 4) is 0 Å².